The predicted octanol–water partition coefficient (Wildman–Crippen LogP) is 3.67. The fourth-order valence-electron chi connectivity index (χ4n) is 1.66. The van der Waals surface area contributed by atoms with Gasteiger partial charge < -0.3 is 5.32 Å². The molecule has 1 N–H and O–H groups in total. The highest BCUT2D eigenvalue weighted by Crippen LogP contribution is 2.17. The van der Waals surface area contributed by atoms with Crippen molar-refractivity contribution in [2.45, 2.75) is 27.3 Å². The van der Waals surface area contributed by atoms with Gasteiger partial charge in [-0.05, 0) is 37.9 Å². The molecule has 0 saturated heterocycles. The van der Waals surface area contributed by atoms with E-state index in [0.29, 0.717) is 0 Å². The van der Waals surface area contributed by atoms with Crippen LogP contribution in [0.4, 0.5) is 5.82 Å². The van der Waals surface area contributed by atoms with Gasteiger partial charge in [-0.2, -0.15) is 0 Å². The summed E-state index contributed by atoms with van der Waals surface area (Å²) in [7, 11) is 0. The molecule has 2 aromatic rings. The Hall–Kier alpha value is -1.61. The second kappa shape index (κ2) is 5.36. The van der Waals surface area contributed by atoms with E-state index in [-0.39, 0.29) is 5.28 Å². The number of nitrogens with one attached hydrogen (secondary N) is 1. The monoisotopic (exact) mass is 261 g/mol. The van der Waals surface area contributed by atoms with Crippen molar-refractivity contribution >= 4 is 17.4 Å². The van der Waals surface area contributed by atoms with Crippen LogP contribution in [0.15, 0.2) is 24.3 Å². The molecule has 0 radical (unpaired) electrons. The zero-order chi connectivity index (χ0) is 13.1. The molecule has 0 fully saturated rings. The number of rotatable bonds is 3. The van der Waals surface area contributed by atoms with E-state index in [4.69, 9.17) is 11.6 Å². The van der Waals surface area contributed by atoms with Gasteiger partial charge in [-0.3, -0.25) is 0 Å². The van der Waals surface area contributed by atoms with Crippen LogP contribution in [0.25, 0.3) is 0 Å². The molecule has 2 rings (SSSR count). The summed E-state index contributed by atoms with van der Waals surface area (Å²) >= 11 is 5.86. The van der Waals surface area contributed by atoms with Crippen molar-refractivity contribution in [3.05, 3.63) is 51.9 Å². The zero-order valence-corrected chi connectivity index (χ0v) is 11.5. The van der Waals surface area contributed by atoms with Crippen molar-refractivity contribution in [1.82, 2.24) is 9.97 Å². The van der Waals surface area contributed by atoms with Gasteiger partial charge in [-0.25, -0.2) is 9.97 Å². The summed E-state index contributed by atoms with van der Waals surface area (Å²) in [5.41, 5.74) is 4.41. The van der Waals surface area contributed by atoms with Crippen LogP contribution in [0.3, 0.4) is 0 Å². The molecule has 0 spiro atoms. The van der Waals surface area contributed by atoms with E-state index in [0.717, 1.165) is 23.6 Å². The fourth-order valence-corrected chi connectivity index (χ4v) is 1.87. The number of benzene rings is 1. The Bertz CT molecular complexity index is 550. The molecule has 0 aliphatic carbocycles. The topological polar surface area (TPSA) is 37.8 Å². The van der Waals surface area contributed by atoms with Gasteiger partial charge in [0.25, 0.3) is 0 Å². The van der Waals surface area contributed by atoms with Gasteiger partial charge in [0.1, 0.15) is 5.82 Å². The Kier molecular flexibility index (Phi) is 3.82. The number of hydrogen-bond donors (Lipinski definition) is 1. The van der Waals surface area contributed by atoms with Crippen molar-refractivity contribution in [3.8, 4) is 0 Å². The van der Waals surface area contributed by atoms with Crippen LogP contribution in [0, 0.1) is 20.8 Å². The van der Waals surface area contributed by atoms with Gasteiger partial charge in [0, 0.05) is 17.8 Å². The van der Waals surface area contributed by atoms with Crippen molar-refractivity contribution in [2.75, 3.05) is 5.32 Å². The lowest BCUT2D eigenvalue weighted by molar-refractivity contribution is 1.02. The van der Waals surface area contributed by atoms with Crippen LogP contribution in [-0.2, 0) is 6.54 Å². The molecule has 1 heterocycles. The number of aromatic nitrogens is 2. The van der Waals surface area contributed by atoms with Crippen LogP contribution >= 0.6 is 11.6 Å². The minimum absolute atomic E-state index is 0.282. The molecule has 94 valence electrons. The van der Waals surface area contributed by atoms with Crippen molar-refractivity contribution < 1.29 is 0 Å². The normalized spacial score (nSPS) is 10.4. The second-order valence-corrected chi connectivity index (χ2v) is 4.73. The summed E-state index contributed by atoms with van der Waals surface area (Å²) in [6.07, 6.45) is 0. The van der Waals surface area contributed by atoms with E-state index in [1.54, 1.807) is 0 Å². The lowest BCUT2D eigenvalue weighted by Crippen LogP contribution is -2.05. The third-order valence-electron chi connectivity index (χ3n) is 2.94. The number of aryl methyl sites for hydroxylation is 2. The maximum atomic E-state index is 5.86. The molecule has 0 amide bonds. The molecule has 0 aliphatic rings. The number of halogens is 1. The van der Waals surface area contributed by atoms with Crippen molar-refractivity contribution in [3.63, 3.8) is 0 Å². The summed E-state index contributed by atoms with van der Waals surface area (Å²) in [6, 6.07) is 8.41. The number of anilines is 1. The van der Waals surface area contributed by atoms with Crippen LogP contribution in [-0.4, -0.2) is 9.97 Å². The van der Waals surface area contributed by atoms with Gasteiger partial charge in [0.05, 0.1) is 0 Å². The first-order chi connectivity index (χ1) is 8.56. The maximum absolute atomic E-state index is 5.86. The number of nitrogens with zero attached hydrogens (tertiary/aromatic N) is 2. The molecule has 0 unspecified atom stereocenters. The molecule has 0 atom stereocenters. The molecule has 0 aliphatic heterocycles. The minimum Gasteiger partial charge on any atom is -0.366 e. The smallest absolute Gasteiger partial charge is 0.224 e. The number of hydrogen-bond acceptors (Lipinski definition) is 3. The zero-order valence-electron chi connectivity index (χ0n) is 10.8. The summed E-state index contributed by atoms with van der Waals surface area (Å²) in [4.78, 5) is 8.32. The minimum atomic E-state index is 0.282. The first kappa shape index (κ1) is 12.8. The van der Waals surface area contributed by atoms with Crippen molar-refractivity contribution in [2.24, 2.45) is 0 Å². The summed E-state index contributed by atoms with van der Waals surface area (Å²) < 4.78 is 0. The van der Waals surface area contributed by atoms with E-state index in [1.165, 1.54) is 11.1 Å². The molecule has 3 nitrogen and oxygen atoms in total. The molecule has 18 heavy (non-hydrogen) atoms. The van der Waals surface area contributed by atoms with Gasteiger partial charge in [-0.15, -0.1) is 0 Å². The SMILES string of the molecule is Cc1ccc(CNc2nc(Cl)nc(C)c2C)cc1. The average molecular weight is 262 g/mol. The van der Waals surface area contributed by atoms with E-state index >= 15 is 0 Å². The highest BCUT2D eigenvalue weighted by Gasteiger charge is 2.06. The molecule has 4 heteroatoms. The quantitative estimate of drug-likeness (QED) is 0.857. The third-order valence-corrected chi connectivity index (χ3v) is 3.11. The second-order valence-electron chi connectivity index (χ2n) is 4.39. The van der Waals surface area contributed by atoms with E-state index in [1.807, 2.05) is 13.8 Å². The van der Waals surface area contributed by atoms with Crippen molar-refractivity contribution in [1.29, 1.82) is 0 Å². The Morgan fingerprint density at radius 1 is 1.06 bits per heavy atom. The molecular weight excluding hydrogens is 246 g/mol. The summed E-state index contributed by atoms with van der Waals surface area (Å²) in [5, 5.41) is 3.58. The highest BCUT2D eigenvalue weighted by atomic mass is 35.5. The Morgan fingerprint density at radius 3 is 2.39 bits per heavy atom. The van der Waals surface area contributed by atoms with E-state index in [9.17, 15) is 0 Å². The lowest BCUT2D eigenvalue weighted by Gasteiger charge is -2.10. The first-order valence-corrected chi connectivity index (χ1v) is 6.24. The highest BCUT2D eigenvalue weighted by molar-refractivity contribution is 6.28. The lowest BCUT2D eigenvalue weighted by atomic mass is 10.1. The molecule has 1 aromatic heterocycles. The van der Waals surface area contributed by atoms with Gasteiger partial charge in [0.2, 0.25) is 5.28 Å². The van der Waals surface area contributed by atoms with Crippen LogP contribution in [0.2, 0.25) is 5.28 Å². The fraction of sp³-hybridized carbons (Fsp3) is 0.286. The largest absolute Gasteiger partial charge is 0.366 e. The average Bonchev–Trinajstić information content (AvgIpc) is 2.34. The Morgan fingerprint density at radius 2 is 1.72 bits per heavy atom. The van der Waals surface area contributed by atoms with Crippen LogP contribution in [0.1, 0.15) is 22.4 Å². The summed E-state index contributed by atoms with van der Waals surface area (Å²) in [6.45, 7) is 6.73. The molecule has 0 saturated carbocycles. The first-order valence-electron chi connectivity index (χ1n) is 5.86. The van der Waals surface area contributed by atoms with Gasteiger partial charge >= 0.3 is 0 Å². The van der Waals surface area contributed by atoms with Crippen LogP contribution < -0.4 is 5.32 Å². The molecular formula is C14H16ClN3. The Balaban J connectivity index is 2.13. The van der Waals surface area contributed by atoms with E-state index < -0.39 is 0 Å². The molecule has 0 bridgehead atoms. The summed E-state index contributed by atoms with van der Waals surface area (Å²) in [5.74, 6) is 0.799. The van der Waals surface area contributed by atoms with Crippen LogP contribution in [0.5, 0.6) is 0 Å². The predicted molar refractivity (Wildman–Crippen MR) is 75.0 cm³/mol. The Labute approximate surface area is 112 Å². The van der Waals surface area contributed by atoms with E-state index in [2.05, 4.69) is 46.5 Å². The van der Waals surface area contributed by atoms with Gasteiger partial charge in [-0.1, -0.05) is 29.8 Å². The standard InChI is InChI=1S/C14H16ClN3/c1-9-4-6-12(7-5-9)8-16-13-10(2)11(3)17-14(15)18-13/h4-7H,8H2,1-3H3,(H,16,17,18). The molecule has 1 aromatic carbocycles. The maximum Gasteiger partial charge on any atom is 0.224 e. The third kappa shape index (κ3) is 2.99. The van der Waals surface area contributed by atoms with Gasteiger partial charge in [0.15, 0.2) is 0 Å².